The first-order valence-corrected chi connectivity index (χ1v) is 7.42. The second-order valence-corrected chi connectivity index (χ2v) is 5.07. The van der Waals surface area contributed by atoms with Crippen molar-refractivity contribution in [2.45, 2.75) is 6.42 Å². The maximum Gasteiger partial charge on any atom is 0.0723 e. The molecule has 2 nitrogen and oxygen atoms in total. The summed E-state index contributed by atoms with van der Waals surface area (Å²) < 4.78 is 12.3. The van der Waals surface area contributed by atoms with E-state index in [0.29, 0.717) is 6.61 Å². The smallest absolute Gasteiger partial charge is 0.0723 e. The van der Waals surface area contributed by atoms with Crippen LogP contribution < -0.4 is 0 Å². The van der Waals surface area contributed by atoms with E-state index in [-0.39, 0.29) is 0 Å². The Bertz CT molecular complexity index is 373. The van der Waals surface area contributed by atoms with Gasteiger partial charge in [-0.15, -0.1) is 0 Å². The Morgan fingerprint density at radius 3 is 2.82 bits per heavy atom. The molecular weight excluding hydrogens is 327 g/mol. The zero-order valence-electron chi connectivity index (χ0n) is 9.82. The number of halogens is 1. The van der Waals surface area contributed by atoms with Crippen LogP contribution in [0.5, 0.6) is 0 Å². The highest BCUT2D eigenvalue weighted by Crippen LogP contribution is 2.25. The zero-order chi connectivity index (χ0) is 11.9. The molecule has 0 spiro atoms. The quantitative estimate of drug-likeness (QED) is 0.464. The van der Waals surface area contributed by atoms with Gasteiger partial charge < -0.3 is 9.47 Å². The molecule has 1 aliphatic heterocycles. The number of ether oxygens (including phenoxy) is 2. The molecule has 3 heteroatoms. The summed E-state index contributed by atoms with van der Waals surface area (Å²) in [6, 6.07) is 10.5. The lowest BCUT2D eigenvalue weighted by Crippen LogP contribution is -2.14. The first-order chi connectivity index (χ1) is 8.42. The third-order valence-corrected chi connectivity index (χ3v) is 3.28. The molecule has 1 aromatic rings. The molecule has 0 unspecified atom stereocenters. The van der Waals surface area contributed by atoms with Crippen LogP contribution >= 0.6 is 22.6 Å². The SMILES string of the molecule is ICCOCC1=C(c2ccccc2)COCC1. The molecule has 0 N–H and O–H groups in total. The Morgan fingerprint density at radius 1 is 1.24 bits per heavy atom. The van der Waals surface area contributed by atoms with Crippen molar-refractivity contribution >= 4 is 28.2 Å². The minimum atomic E-state index is 0.715. The summed E-state index contributed by atoms with van der Waals surface area (Å²) in [6.45, 7) is 3.11. The van der Waals surface area contributed by atoms with E-state index < -0.39 is 0 Å². The number of benzene rings is 1. The topological polar surface area (TPSA) is 18.5 Å². The minimum absolute atomic E-state index is 0.715. The second-order valence-electron chi connectivity index (χ2n) is 3.99. The Labute approximate surface area is 116 Å². The van der Waals surface area contributed by atoms with Crippen LogP contribution in [0.25, 0.3) is 5.57 Å². The van der Waals surface area contributed by atoms with Gasteiger partial charge in [-0.05, 0) is 23.1 Å². The average Bonchev–Trinajstić information content (AvgIpc) is 2.41. The van der Waals surface area contributed by atoms with Crippen LogP contribution in [0.3, 0.4) is 0 Å². The predicted octanol–water partition coefficient (Wildman–Crippen LogP) is 3.31. The van der Waals surface area contributed by atoms with E-state index in [1.807, 2.05) is 6.07 Å². The normalized spacial score (nSPS) is 16.3. The number of hydrogen-bond acceptors (Lipinski definition) is 2. The largest absolute Gasteiger partial charge is 0.376 e. The van der Waals surface area contributed by atoms with E-state index in [1.165, 1.54) is 16.7 Å². The van der Waals surface area contributed by atoms with E-state index in [4.69, 9.17) is 9.47 Å². The lowest BCUT2D eigenvalue weighted by atomic mass is 9.97. The van der Waals surface area contributed by atoms with Gasteiger partial charge >= 0.3 is 0 Å². The van der Waals surface area contributed by atoms with E-state index >= 15 is 0 Å². The Balaban J connectivity index is 2.13. The van der Waals surface area contributed by atoms with Gasteiger partial charge in [-0.1, -0.05) is 52.9 Å². The lowest BCUT2D eigenvalue weighted by molar-refractivity contribution is 0.137. The van der Waals surface area contributed by atoms with Gasteiger partial charge in [-0.3, -0.25) is 0 Å². The summed E-state index contributed by atoms with van der Waals surface area (Å²) in [5.74, 6) is 0. The molecular formula is C14H17IO2. The van der Waals surface area contributed by atoms with Gasteiger partial charge in [0.25, 0.3) is 0 Å². The molecule has 0 atom stereocenters. The van der Waals surface area contributed by atoms with Gasteiger partial charge in [-0.25, -0.2) is 0 Å². The third-order valence-electron chi connectivity index (χ3n) is 2.84. The molecule has 0 saturated carbocycles. The number of alkyl halides is 1. The molecule has 0 aliphatic carbocycles. The molecule has 0 radical (unpaired) electrons. The summed E-state index contributed by atoms with van der Waals surface area (Å²) in [4.78, 5) is 0. The molecule has 0 aromatic heterocycles. The molecule has 1 heterocycles. The maximum atomic E-state index is 5.65. The Hall–Kier alpha value is -0.390. The van der Waals surface area contributed by atoms with Crippen molar-refractivity contribution in [1.82, 2.24) is 0 Å². The number of hydrogen-bond donors (Lipinski definition) is 0. The van der Waals surface area contributed by atoms with Crippen molar-refractivity contribution in [3.8, 4) is 0 Å². The van der Waals surface area contributed by atoms with E-state index in [2.05, 4.69) is 46.9 Å². The standard InChI is InChI=1S/C14H17IO2/c15-7-9-17-10-13-6-8-16-11-14(13)12-4-2-1-3-5-12/h1-5H,6-11H2. The first kappa shape index (κ1) is 13.1. The summed E-state index contributed by atoms with van der Waals surface area (Å²) in [5.41, 5.74) is 3.97. The van der Waals surface area contributed by atoms with Crippen molar-refractivity contribution in [3.63, 3.8) is 0 Å². The molecule has 92 valence electrons. The average molecular weight is 344 g/mol. The van der Waals surface area contributed by atoms with Crippen molar-refractivity contribution in [2.75, 3.05) is 30.9 Å². The van der Waals surface area contributed by atoms with Gasteiger partial charge in [0.15, 0.2) is 0 Å². The molecule has 0 bridgehead atoms. The molecule has 2 rings (SSSR count). The van der Waals surface area contributed by atoms with Crippen LogP contribution in [-0.2, 0) is 9.47 Å². The molecule has 0 fully saturated rings. The predicted molar refractivity (Wildman–Crippen MR) is 78.5 cm³/mol. The summed E-state index contributed by atoms with van der Waals surface area (Å²) in [5, 5.41) is 0. The van der Waals surface area contributed by atoms with E-state index in [1.54, 1.807) is 0 Å². The van der Waals surface area contributed by atoms with Gasteiger partial charge in [-0.2, -0.15) is 0 Å². The second kappa shape index (κ2) is 7.13. The maximum absolute atomic E-state index is 5.65. The molecule has 1 aliphatic rings. The van der Waals surface area contributed by atoms with Gasteiger partial charge in [0.2, 0.25) is 0 Å². The van der Waals surface area contributed by atoms with Crippen molar-refractivity contribution in [2.24, 2.45) is 0 Å². The van der Waals surface area contributed by atoms with Crippen LogP contribution in [0.2, 0.25) is 0 Å². The van der Waals surface area contributed by atoms with Crippen molar-refractivity contribution in [3.05, 3.63) is 41.5 Å². The van der Waals surface area contributed by atoms with Crippen LogP contribution in [0.1, 0.15) is 12.0 Å². The van der Waals surface area contributed by atoms with Crippen LogP contribution in [-0.4, -0.2) is 30.9 Å². The van der Waals surface area contributed by atoms with Crippen molar-refractivity contribution in [1.29, 1.82) is 0 Å². The van der Waals surface area contributed by atoms with E-state index in [9.17, 15) is 0 Å². The Morgan fingerprint density at radius 2 is 2.06 bits per heavy atom. The number of rotatable bonds is 5. The highest BCUT2D eigenvalue weighted by Gasteiger charge is 2.14. The fourth-order valence-corrected chi connectivity index (χ4v) is 2.27. The molecule has 17 heavy (non-hydrogen) atoms. The van der Waals surface area contributed by atoms with Gasteiger partial charge in [0, 0.05) is 4.43 Å². The fraction of sp³-hybridized carbons (Fsp3) is 0.429. The third kappa shape index (κ3) is 3.79. The van der Waals surface area contributed by atoms with E-state index in [0.717, 1.165) is 30.7 Å². The minimum Gasteiger partial charge on any atom is -0.376 e. The molecule has 1 aromatic carbocycles. The van der Waals surface area contributed by atoms with Crippen molar-refractivity contribution < 1.29 is 9.47 Å². The highest BCUT2D eigenvalue weighted by molar-refractivity contribution is 14.1. The van der Waals surface area contributed by atoms with Crippen LogP contribution in [0.4, 0.5) is 0 Å². The first-order valence-electron chi connectivity index (χ1n) is 5.89. The zero-order valence-corrected chi connectivity index (χ0v) is 12.0. The lowest BCUT2D eigenvalue weighted by Gasteiger charge is -2.21. The van der Waals surface area contributed by atoms with Crippen LogP contribution in [0.15, 0.2) is 35.9 Å². The van der Waals surface area contributed by atoms with Gasteiger partial charge in [0.1, 0.15) is 0 Å². The van der Waals surface area contributed by atoms with Crippen LogP contribution in [0, 0.1) is 0 Å². The Kier molecular flexibility index (Phi) is 5.48. The molecule has 0 saturated heterocycles. The summed E-state index contributed by atoms with van der Waals surface area (Å²) in [7, 11) is 0. The fourth-order valence-electron chi connectivity index (χ4n) is 1.96. The molecule has 0 amide bonds. The highest BCUT2D eigenvalue weighted by atomic mass is 127. The monoisotopic (exact) mass is 344 g/mol. The summed E-state index contributed by atoms with van der Waals surface area (Å²) >= 11 is 2.33. The van der Waals surface area contributed by atoms with Gasteiger partial charge in [0.05, 0.1) is 26.4 Å². The summed E-state index contributed by atoms with van der Waals surface area (Å²) in [6.07, 6.45) is 0.992.